The van der Waals surface area contributed by atoms with Gasteiger partial charge in [-0.1, -0.05) is 164 Å². The molecule has 0 bridgehead atoms. The predicted octanol–water partition coefficient (Wildman–Crippen LogP) is 16.7. The predicted molar refractivity (Wildman–Crippen MR) is 250 cm³/mol. The van der Waals surface area contributed by atoms with Gasteiger partial charge in [-0.25, -0.2) is 0 Å². The van der Waals surface area contributed by atoms with Crippen molar-refractivity contribution in [2.45, 2.75) is 0 Å². The van der Waals surface area contributed by atoms with Crippen molar-refractivity contribution in [3.05, 3.63) is 194 Å². The molecule has 11 aromatic carbocycles. The molecule has 58 heavy (non-hydrogen) atoms. The third kappa shape index (κ3) is 4.52. The zero-order valence-electron chi connectivity index (χ0n) is 31.3. The molecule has 0 spiro atoms. The second-order valence-electron chi connectivity index (χ2n) is 15.5. The minimum atomic E-state index is 0.918. The number of hydrogen-bond acceptors (Lipinski definition) is 2. The van der Waals surface area contributed by atoms with E-state index in [1.165, 1.54) is 107 Å². The van der Waals surface area contributed by atoms with E-state index in [9.17, 15) is 0 Å². The summed E-state index contributed by atoms with van der Waals surface area (Å²) in [6, 6.07) is 71.3. The summed E-state index contributed by atoms with van der Waals surface area (Å²) in [6.07, 6.45) is 0. The number of benzene rings is 11. The van der Waals surface area contributed by atoms with Crippen molar-refractivity contribution in [1.82, 2.24) is 0 Å². The van der Waals surface area contributed by atoms with Crippen LogP contribution in [0, 0.1) is 0 Å². The summed E-state index contributed by atoms with van der Waals surface area (Å²) in [4.78, 5) is 0. The largest absolute Gasteiger partial charge is 0.455 e. The Balaban J connectivity index is 0.963. The van der Waals surface area contributed by atoms with Crippen molar-refractivity contribution in [2.24, 2.45) is 0 Å². The fourth-order valence-corrected chi connectivity index (χ4v) is 11.1. The zero-order valence-corrected chi connectivity index (χ0v) is 32.1. The van der Waals surface area contributed by atoms with Gasteiger partial charge in [-0.2, -0.15) is 0 Å². The van der Waals surface area contributed by atoms with E-state index in [4.69, 9.17) is 4.42 Å². The Kier molecular flexibility index (Phi) is 6.66. The molecule has 0 fully saturated rings. The summed E-state index contributed by atoms with van der Waals surface area (Å²) in [5.74, 6) is 0. The Hall–Kier alpha value is -7.26. The first-order valence-corrected chi connectivity index (χ1v) is 20.7. The smallest absolute Gasteiger partial charge is 0.143 e. The number of thiophene rings is 1. The highest BCUT2D eigenvalue weighted by Crippen LogP contribution is 2.49. The highest BCUT2D eigenvalue weighted by Gasteiger charge is 2.21. The number of furan rings is 1. The van der Waals surface area contributed by atoms with Gasteiger partial charge in [0.2, 0.25) is 0 Å². The minimum Gasteiger partial charge on any atom is -0.455 e. The fourth-order valence-electron chi connectivity index (χ4n) is 9.83. The van der Waals surface area contributed by atoms with Crippen LogP contribution in [0.5, 0.6) is 0 Å². The molecule has 1 nitrogen and oxygen atoms in total. The average Bonchev–Trinajstić information content (AvgIpc) is 3.87. The molecule has 13 rings (SSSR count). The first-order chi connectivity index (χ1) is 28.8. The highest BCUT2D eigenvalue weighted by molar-refractivity contribution is 7.27. The zero-order chi connectivity index (χ0) is 37.9. The monoisotopic (exact) mass is 752 g/mol. The normalized spacial score (nSPS) is 12.1. The maximum Gasteiger partial charge on any atom is 0.143 e. The molecule has 0 aliphatic rings. The summed E-state index contributed by atoms with van der Waals surface area (Å²) in [6.45, 7) is 0. The number of hydrogen-bond donors (Lipinski definition) is 0. The molecule has 0 saturated heterocycles. The lowest BCUT2D eigenvalue weighted by molar-refractivity contribution is 0.673. The van der Waals surface area contributed by atoms with Crippen LogP contribution in [0.1, 0.15) is 0 Å². The van der Waals surface area contributed by atoms with Crippen LogP contribution >= 0.6 is 11.3 Å². The van der Waals surface area contributed by atoms with E-state index in [2.05, 4.69) is 194 Å². The first kappa shape index (κ1) is 31.9. The van der Waals surface area contributed by atoms with Crippen molar-refractivity contribution in [3.8, 4) is 33.4 Å². The Morgan fingerprint density at radius 1 is 0.328 bits per heavy atom. The van der Waals surface area contributed by atoms with Gasteiger partial charge in [0.05, 0.1) is 0 Å². The maximum atomic E-state index is 6.84. The van der Waals surface area contributed by atoms with Crippen molar-refractivity contribution in [1.29, 1.82) is 0 Å². The van der Waals surface area contributed by atoms with Crippen LogP contribution in [0.3, 0.4) is 0 Å². The third-order valence-corrected chi connectivity index (χ3v) is 13.6. The molecule has 268 valence electrons. The van der Waals surface area contributed by atoms with Crippen LogP contribution in [0.25, 0.3) is 129 Å². The molecule has 2 aromatic heterocycles. The molecule has 0 aliphatic heterocycles. The third-order valence-electron chi connectivity index (χ3n) is 12.4. The van der Waals surface area contributed by atoms with E-state index in [0.29, 0.717) is 0 Å². The number of fused-ring (bicyclic) bond motifs is 14. The van der Waals surface area contributed by atoms with Crippen LogP contribution in [0.4, 0.5) is 0 Å². The van der Waals surface area contributed by atoms with Crippen LogP contribution in [-0.2, 0) is 0 Å². The van der Waals surface area contributed by atoms with Crippen LogP contribution in [-0.4, -0.2) is 0 Å². The van der Waals surface area contributed by atoms with E-state index in [0.717, 1.165) is 22.1 Å². The standard InChI is InChI=1S/C56H32OS/c1-2-14-39-33(12-1)13-11-22-40(39)52-43-17-5-3-15-41(43)51(42-16-4-6-18-44(42)52)38-27-26-34-30-35(24-25-36(34)31-38)37-28-29-47-49(32-37)57-55-45-19-7-8-20-46(45)56-54(53(47)55)48-21-9-10-23-50(48)58-56/h1-32H. The molecule has 0 unspecified atom stereocenters. The molecule has 0 radical (unpaired) electrons. The van der Waals surface area contributed by atoms with Gasteiger partial charge in [-0.05, 0) is 107 Å². The molecule has 2 heterocycles. The Labute approximate surface area is 337 Å². The number of rotatable bonds is 3. The highest BCUT2D eigenvalue weighted by atomic mass is 32.1. The Bertz CT molecular complexity index is 3800. The molecule has 0 aliphatic carbocycles. The summed E-state index contributed by atoms with van der Waals surface area (Å²) in [5.41, 5.74) is 9.27. The van der Waals surface area contributed by atoms with Crippen LogP contribution in [0.2, 0.25) is 0 Å². The lowest BCUT2D eigenvalue weighted by Gasteiger charge is -2.19. The van der Waals surface area contributed by atoms with Gasteiger partial charge in [-0.15, -0.1) is 11.3 Å². The quantitative estimate of drug-likeness (QED) is 0.164. The topological polar surface area (TPSA) is 13.1 Å². The molecule has 0 atom stereocenters. The van der Waals surface area contributed by atoms with E-state index in [-0.39, 0.29) is 0 Å². The minimum absolute atomic E-state index is 0.918. The molecule has 0 N–H and O–H groups in total. The average molecular weight is 753 g/mol. The maximum absolute atomic E-state index is 6.84. The van der Waals surface area contributed by atoms with Gasteiger partial charge < -0.3 is 4.42 Å². The lowest BCUT2D eigenvalue weighted by atomic mass is 9.84. The molecular weight excluding hydrogens is 721 g/mol. The molecular formula is C56H32OS. The van der Waals surface area contributed by atoms with E-state index in [1.54, 1.807) is 0 Å². The van der Waals surface area contributed by atoms with Gasteiger partial charge in [-0.3, -0.25) is 0 Å². The van der Waals surface area contributed by atoms with Gasteiger partial charge in [0.1, 0.15) is 11.2 Å². The van der Waals surface area contributed by atoms with Gasteiger partial charge >= 0.3 is 0 Å². The van der Waals surface area contributed by atoms with Crippen LogP contribution in [0.15, 0.2) is 199 Å². The Morgan fingerprint density at radius 3 is 1.64 bits per heavy atom. The van der Waals surface area contributed by atoms with Gasteiger partial charge in [0.15, 0.2) is 0 Å². The Morgan fingerprint density at radius 2 is 0.879 bits per heavy atom. The first-order valence-electron chi connectivity index (χ1n) is 19.9. The van der Waals surface area contributed by atoms with Gasteiger partial charge in [0, 0.05) is 41.7 Å². The van der Waals surface area contributed by atoms with Crippen molar-refractivity contribution >= 4 is 107 Å². The molecule has 2 heteroatoms. The van der Waals surface area contributed by atoms with Crippen molar-refractivity contribution in [3.63, 3.8) is 0 Å². The van der Waals surface area contributed by atoms with Crippen LogP contribution < -0.4 is 0 Å². The van der Waals surface area contributed by atoms with E-state index in [1.807, 2.05) is 11.3 Å². The van der Waals surface area contributed by atoms with E-state index < -0.39 is 0 Å². The lowest BCUT2D eigenvalue weighted by Crippen LogP contribution is -1.91. The van der Waals surface area contributed by atoms with Crippen molar-refractivity contribution < 1.29 is 4.42 Å². The summed E-state index contributed by atoms with van der Waals surface area (Å²) in [7, 11) is 0. The molecule has 0 saturated carbocycles. The van der Waals surface area contributed by atoms with Crippen molar-refractivity contribution in [2.75, 3.05) is 0 Å². The second kappa shape index (κ2) is 12.1. The fraction of sp³-hybridized carbons (Fsp3) is 0. The second-order valence-corrected chi connectivity index (χ2v) is 16.6. The summed E-state index contributed by atoms with van der Waals surface area (Å²) in [5, 5.41) is 17.4. The summed E-state index contributed by atoms with van der Waals surface area (Å²) >= 11 is 1.88. The molecule has 13 aromatic rings. The molecule has 0 amide bonds. The van der Waals surface area contributed by atoms with E-state index >= 15 is 0 Å². The SMILES string of the molecule is c1ccc2c(-c3c4ccccc4c(-c4ccc5cc(-c6ccc7c(c6)oc6c8ccccc8c8sc9ccccc9c8c76)ccc5c4)c4ccccc34)cccc2c1. The summed E-state index contributed by atoms with van der Waals surface area (Å²) < 4.78 is 9.47. The van der Waals surface area contributed by atoms with Gasteiger partial charge in [0.25, 0.3) is 0 Å².